The molecule has 0 aliphatic heterocycles. The molecular formula is C39H31ClN2O4. The number of aliphatic carboxylic acids is 1. The molecule has 0 heterocycles. The average molecular weight is 627 g/mol. The Hall–Kier alpha value is -5.59. The highest BCUT2D eigenvalue weighted by Gasteiger charge is 2.22. The van der Waals surface area contributed by atoms with Gasteiger partial charge in [0.2, 0.25) is 0 Å². The summed E-state index contributed by atoms with van der Waals surface area (Å²) in [6.07, 6.45) is -0.294. The fourth-order valence-electron chi connectivity index (χ4n) is 5.46. The molecule has 0 saturated carbocycles. The van der Waals surface area contributed by atoms with E-state index >= 15 is 0 Å². The first-order valence-corrected chi connectivity index (χ1v) is 15.3. The maximum absolute atomic E-state index is 13.7. The number of hydrogen-bond acceptors (Lipinski definition) is 4. The van der Waals surface area contributed by atoms with Crippen LogP contribution in [0.15, 0.2) is 140 Å². The minimum absolute atomic E-state index is 0.294. The molecule has 6 aromatic carbocycles. The van der Waals surface area contributed by atoms with Gasteiger partial charge in [0.05, 0.1) is 18.0 Å². The normalized spacial score (nSPS) is 11.5. The van der Waals surface area contributed by atoms with Gasteiger partial charge in [-0.25, -0.2) is 0 Å². The highest BCUT2D eigenvalue weighted by Crippen LogP contribution is 2.34. The molecule has 1 unspecified atom stereocenters. The molecule has 0 bridgehead atoms. The van der Waals surface area contributed by atoms with Gasteiger partial charge in [0, 0.05) is 22.8 Å². The number of carboxylic acid groups (broad SMARTS) is 1. The third kappa shape index (κ3) is 7.20. The topological polar surface area (TPSA) is 87.7 Å². The van der Waals surface area contributed by atoms with Crippen molar-refractivity contribution in [2.24, 2.45) is 0 Å². The number of carbonyl (C=O) groups excluding carboxylic acids is 1. The third-order valence-corrected chi connectivity index (χ3v) is 7.98. The van der Waals surface area contributed by atoms with Gasteiger partial charge in [0.15, 0.2) is 0 Å². The van der Waals surface area contributed by atoms with Gasteiger partial charge in [0.25, 0.3) is 5.91 Å². The predicted molar refractivity (Wildman–Crippen MR) is 184 cm³/mol. The first-order chi connectivity index (χ1) is 22.4. The summed E-state index contributed by atoms with van der Waals surface area (Å²) in [4.78, 5) is 25.6. The number of rotatable bonds is 11. The monoisotopic (exact) mass is 626 g/mol. The van der Waals surface area contributed by atoms with E-state index in [1.807, 2.05) is 103 Å². The van der Waals surface area contributed by atoms with E-state index in [2.05, 4.69) is 28.8 Å². The van der Waals surface area contributed by atoms with Crippen molar-refractivity contribution in [3.63, 3.8) is 0 Å². The number of halogens is 1. The number of carboxylic acids is 1. The van der Waals surface area contributed by atoms with E-state index in [1.54, 1.807) is 18.2 Å². The van der Waals surface area contributed by atoms with Crippen molar-refractivity contribution < 1.29 is 19.4 Å². The Labute approximate surface area is 272 Å². The summed E-state index contributed by atoms with van der Waals surface area (Å²) in [6.45, 7) is 0.485. The summed E-state index contributed by atoms with van der Waals surface area (Å²) in [6, 6.07) is 43.3. The fourth-order valence-corrected chi connectivity index (χ4v) is 5.64. The molecule has 0 aliphatic carbocycles. The van der Waals surface area contributed by atoms with Crippen LogP contribution in [0.3, 0.4) is 0 Å². The minimum Gasteiger partial charge on any atom is -0.481 e. The lowest BCUT2D eigenvalue weighted by atomic mass is 9.98. The van der Waals surface area contributed by atoms with Gasteiger partial charge in [-0.05, 0) is 63.9 Å². The first kappa shape index (κ1) is 30.4. The van der Waals surface area contributed by atoms with Crippen molar-refractivity contribution in [1.82, 2.24) is 5.32 Å². The molecule has 0 spiro atoms. The molecule has 6 rings (SSSR count). The van der Waals surface area contributed by atoms with Crippen LogP contribution in [0.25, 0.3) is 21.9 Å². The third-order valence-electron chi connectivity index (χ3n) is 7.74. The molecular weight excluding hydrogens is 596 g/mol. The second kappa shape index (κ2) is 14.0. The first-order valence-electron chi connectivity index (χ1n) is 14.9. The Morgan fingerprint density at radius 1 is 0.761 bits per heavy atom. The maximum Gasteiger partial charge on any atom is 0.305 e. The number of fused-ring (bicyclic) bond motifs is 1. The summed E-state index contributed by atoms with van der Waals surface area (Å²) in [5, 5.41) is 18.7. The van der Waals surface area contributed by atoms with Gasteiger partial charge in [0.1, 0.15) is 11.5 Å². The van der Waals surface area contributed by atoms with E-state index in [-0.39, 0.29) is 6.42 Å². The molecule has 46 heavy (non-hydrogen) atoms. The quantitative estimate of drug-likeness (QED) is 0.133. The smallest absolute Gasteiger partial charge is 0.305 e. The molecule has 228 valence electrons. The molecule has 0 aromatic heterocycles. The van der Waals surface area contributed by atoms with E-state index in [9.17, 15) is 14.7 Å². The predicted octanol–water partition coefficient (Wildman–Crippen LogP) is 9.51. The molecule has 0 radical (unpaired) electrons. The van der Waals surface area contributed by atoms with Crippen molar-refractivity contribution >= 4 is 39.9 Å². The van der Waals surface area contributed by atoms with Crippen molar-refractivity contribution in [2.45, 2.75) is 19.0 Å². The number of carbonyl (C=O) groups is 2. The molecule has 7 heteroatoms. The Morgan fingerprint density at radius 2 is 1.48 bits per heavy atom. The van der Waals surface area contributed by atoms with Gasteiger partial charge in [-0.3, -0.25) is 9.59 Å². The number of nitrogens with one attached hydrogen (secondary N) is 2. The number of benzene rings is 6. The number of ether oxygens (including phenoxy) is 1. The largest absolute Gasteiger partial charge is 0.481 e. The Morgan fingerprint density at radius 3 is 2.28 bits per heavy atom. The highest BCUT2D eigenvalue weighted by atomic mass is 35.5. The van der Waals surface area contributed by atoms with Crippen molar-refractivity contribution in [1.29, 1.82) is 0 Å². The van der Waals surface area contributed by atoms with Gasteiger partial charge < -0.3 is 20.5 Å². The molecule has 6 aromatic rings. The van der Waals surface area contributed by atoms with Crippen LogP contribution >= 0.6 is 11.6 Å². The maximum atomic E-state index is 13.7. The fraction of sp³-hybridized carbons (Fsp3) is 0.0769. The summed E-state index contributed by atoms with van der Waals surface area (Å²) in [7, 11) is 0. The molecule has 6 nitrogen and oxygen atoms in total. The van der Waals surface area contributed by atoms with Crippen LogP contribution in [0.4, 0.5) is 5.69 Å². The molecule has 3 N–H and O–H groups in total. The minimum atomic E-state index is -1.03. The Kier molecular flexibility index (Phi) is 9.27. The van der Waals surface area contributed by atoms with Crippen LogP contribution in [0.1, 0.15) is 33.9 Å². The molecule has 1 atom stereocenters. The zero-order valence-corrected chi connectivity index (χ0v) is 25.6. The lowest BCUT2D eigenvalue weighted by molar-refractivity contribution is -0.137. The number of anilines is 1. The van der Waals surface area contributed by atoms with E-state index in [4.69, 9.17) is 16.3 Å². The number of para-hydroxylation sites is 2. The van der Waals surface area contributed by atoms with Crippen LogP contribution in [0, 0.1) is 0 Å². The summed E-state index contributed by atoms with van der Waals surface area (Å²) in [5.41, 5.74) is 4.44. The van der Waals surface area contributed by atoms with E-state index in [1.165, 1.54) is 0 Å². The van der Waals surface area contributed by atoms with E-state index in [0.29, 0.717) is 34.1 Å². The molecule has 0 aliphatic rings. The van der Waals surface area contributed by atoms with E-state index < -0.39 is 17.9 Å². The van der Waals surface area contributed by atoms with E-state index in [0.717, 1.165) is 33.2 Å². The SMILES string of the molecule is O=C(O)CC(NC(=O)c1cc(Cl)ccc1NCc1cccc2ccccc12)c1ccc(-c2ccccc2Oc2ccccc2)cc1. The van der Waals surface area contributed by atoms with Crippen LogP contribution < -0.4 is 15.4 Å². The van der Waals surface area contributed by atoms with Crippen LogP contribution in [0.2, 0.25) is 5.02 Å². The molecule has 0 saturated heterocycles. The zero-order chi connectivity index (χ0) is 31.9. The lowest BCUT2D eigenvalue weighted by Crippen LogP contribution is -2.30. The Bertz CT molecular complexity index is 1990. The summed E-state index contributed by atoms with van der Waals surface area (Å²) >= 11 is 6.32. The van der Waals surface area contributed by atoms with Crippen LogP contribution in [0.5, 0.6) is 11.5 Å². The van der Waals surface area contributed by atoms with Crippen molar-refractivity contribution in [3.8, 4) is 22.6 Å². The van der Waals surface area contributed by atoms with Gasteiger partial charge in [-0.15, -0.1) is 0 Å². The van der Waals surface area contributed by atoms with Crippen LogP contribution in [-0.4, -0.2) is 17.0 Å². The zero-order valence-electron chi connectivity index (χ0n) is 24.8. The van der Waals surface area contributed by atoms with Crippen molar-refractivity contribution in [3.05, 3.63) is 161 Å². The summed E-state index contributed by atoms with van der Waals surface area (Å²) < 4.78 is 6.13. The van der Waals surface area contributed by atoms with Crippen molar-refractivity contribution in [2.75, 3.05) is 5.32 Å². The van der Waals surface area contributed by atoms with Gasteiger partial charge in [-0.1, -0.05) is 115 Å². The second-order valence-electron chi connectivity index (χ2n) is 10.8. The summed E-state index contributed by atoms with van der Waals surface area (Å²) in [5.74, 6) is -0.0413. The number of hydrogen-bond donors (Lipinski definition) is 3. The standard InChI is InChI=1S/C39H31ClN2O4/c40-30-21-22-35(41-25-29-11-8-10-26-9-4-5-14-32(26)29)34(23-30)39(45)42-36(24-38(43)44)28-19-17-27(18-20-28)33-15-6-7-16-37(33)46-31-12-2-1-3-13-31/h1-23,36,41H,24-25H2,(H,42,45)(H,43,44). The second-order valence-corrected chi connectivity index (χ2v) is 11.3. The lowest BCUT2D eigenvalue weighted by Gasteiger charge is -2.20. The van der Waals surface area contributed by atoms with Gasteiger partial charge >= 0.3 is 5.97 Å². The molecule has 0 fully saturated rings. The highest BCUT2D eigenvalue weighted by molar-refractivity contribution is 6.31. The average Bonchev–Trinajstić information content (AvgIpc) is 3.08. The Balaban J connectivity index is 1.22. The van der Waals surface area contributed by atoms with Gasteiger partial charge in [-0.2, -0.15) is 0 Å². The molecule has 1 amide bonds. The number of amides is 1. The van der Waals surface area contributed by atoms with Crippen LogP contribution in [-0.2, 0) is 11.3 Å².